The highest BCUT2D eigenvalue weighted by atomic mass is 16.2. The second-order valence-electron chi connectivity index (χ2n) is 15.8. The zero-order valence-electron chi connectivity index (χ0n) is 33.1. The van der Waals surface area contributed by atoms with E-state index in [0.29, 0.717) is 23.9 Å². The molecule has 3 fully saturated rings. The van der Waals surface area contributed by atoms with Gasteiger partial charge in [0, 0.05) is 74.1 Å². The number of rotatable bonds is 14. The van der Waals surface area contributed by atoms with Crippen molar-refractivity contribution in [2.75, 3.05) is 59.7 Å². The molecule has 8 nitrogen and oxygen atoms in total. The number of carbonyl (C=O) groups excluding carboxylic acids is 2. The Morgan fingerprint density at radius 3 is 1.08 bits per heavy atom. The third-order valence-corrected chi connectivity index (χ3v) is 12.4. The normalized spacial score (nSPS) is 20.3. The van der Waals surface area contributed by atoms with Gasteiger partial charge in [0.1, 0.15) is 0 Å². The molecule has 8 heteroatoms. The third kappa shape index (κ3) is 11.3. The molecule has 5 rings (SSSR count). The molecule has 2 aromatic carbocycles. The van der Waals surface area contributed by atoms with Gasteiger partial charge in [0.05, 0.1) is 0 Å². The number of carbonyl (C=O) groups is 2. The zero-order chi connectivity index (χ0) is 36.7. The molecular weight excluding hydrogens is 645 g/mol. The van der Waals surface area contributed by atoms with E-state index >= 15 is 0 Å². The Balaban J connectivity index is 1.21. The number of anilines is 4. The van der Waals surface area contributed by atoms with E-state index in [0.717, 1.165) is 102 Å². The first-order valence-electron chi connectivity index (χ1n) is 21.3. The molecule has 0 heterocycles. The van der Waals surface area contributed by atoms with E-state index in [9.17, 15) is 9.59 Å². The van der Waals surface area contributed by atoms with Gasteiger partial charge in [-0.05, 0) is 139 Å². The number of hydrogen-bond acceptors (Lipinski definition) is 4. The van der Waals surface area contributed by atoms with E-state index in [1.807, 2.05) is 0 Å². The number of nitrogens with zero attached hydrogens (tertiary/aromatic N) is 4. The van der Waals surface area contributed by atoms with Crippen LogP contribution in [0.1, 0.15) is 130 Å². The number of benzene rings is 2. The fraction of sp³-hybridized carbons (Fsp3) is 0.682. The summed E-state index contributed by atoms with van der Waals surface area (Å²) in [5, 5.41) is 6.58. The van der Waals surface area contributed by atoms with Crippen LogP contribution >= 0.6 is 0 Å². The quantitative estimate of drug-likeness (QED) is 0.191. The summed E-state index contributed by atoms with van der Waals surface area (Å²) in [5.74, 6) is 1.000. The number of hydrogen-bond donors (Lipinski definition) is 2. The Kier molecular flexibility index (Phi) is 15.9. The summed E-state index contributed by atoms with van der Waals surface area (Å²) in [4.78, 5) is 37.1. The molecule has 0 aromatic heterocycles. The van der Waals surface area contributed by atoms with Crippen LogP contribution in [0.15, 0.2) is 48.5 Å². The lowest BCUT2D eigenvalue weighted by Gasteiger charge is -2.39. The van der Waals surface area contributed by atoms with Crippen LogP contribution < -0.4 is 20.4 Å². The average molecular weight is 715 g/mol. The van der Waals surface area contributed by atoms with Crippen molar-refractivity contribution < 1.29 is 9.59 Å². The fourth-order valence-electron chi connectivity index (χ4n) is 9.17. The summed E-state index contributed by atoms with van der Waals surface area (Å²) in [7, 11) is 0. The summed E-state index contributed by atoms with van der Waals surface area (Å²) >= 11 is 0. The van der Waals surface area contributed by atoms with Crippen molar-refractivity contribution in [2.45, 2.75) is 143 Å². The van der Waals surface area contributed by atoms with Crippen molar-refractivity contribution in [3.63, 3.8) is 0 Å². The molecule has 3 aliphatic rings. The van der Waals surface area contributed by atoms with E-state index in [1.165, 1.54) is 62.7 Å². The lowest BCUT2D eigenvalue weighted by atomic mass is 9.81. The molecule has 0 spiro atoms. The van der Waals surface area contributed by atoms with Crippen LogP contribution in [0.3, 0.4) is 0 Å². The van der Waals surface area contributed by atoms with Gasteiger partial charge in [-0.25, -0.2) is 9.59 Å². The van der Waals surface area contributed by atoms with Crippen LogP contribution in [-0.2, 0) is 0 Å². The van der Waals surface area contributed by atoms with E-state index in [-0.39, 0.29) is 12.1 Å². The van der Waals surface area contributed by atoms with Crippen LogP contribution in [0.25, 0.3) is 0 Å². The van der Waals surface area contributed by atoms with Crippen molar-refractivity contribution in [1.82, 2.24) is 9.80 Å². The highest BCUT2D eigenvalue weighted by Crippen LogP contribution is 2.34. The predicted molar refractivity (Wildman–Crippen MR) is 220 cm³/mol. The summed E-state index contributed by atoms with van der Waals surface area (Å²) < 4.78 is 0. The molecule has 3 saturated carbocycles. The van der Waals surface area contributed by atoms with Gasteiger partial charge in [-0.2, -0.15) is 0 Å². The van der Waals surface area contributed by atoms with Crippen LogP contribution in [0.5, 0.6) is 0 Å². The fourth-order valence-corrected chi connectivity index (χ4v) is 9.17. The molecule has 2 aromatic rings. The highest BCUT2D eigenvalue weighted by Gasteiger charge is 2.33. The molecule has 4 amide bonds. The predicted octanol–water partition coefficient (Wildman–Crippen LogP) is 11.0. The van der Waals surface area contributed by atoms with Gasteiger partial charge in [0.25, 0.3) is 0 Å². The van der Waals surface area contributed by atoms with Gasteiger partial charge in [-0.3, -0.25) is 0 Å². The molecule has 0 bridgehead atoms. The molecule has 0 saturated heterocycles. The maximum atomic E-state index is 14.0. The summed E-state index contributed by atoms with van der Waals surface area (Å²) in [6.07, 6.45) is 18.8. The second-order valence-corrected chi connectivity index (χ2v) is 15.8. The first-order valence-corrected chi connectivity index (χ1v) is 21.3. The second kappa shape index (κ2) is 20.7. The highest BCUT2D eigenvalue weighted by molar-refractivity contribution is 5.90. The number of urea groups is 2. The monoisotopic (exact) mass is 715 g/mol. The van der Waals surface area contributed by atoms with Gasteiger partial charge in [-0.1, -0.05) is 51.4 Å². The Hall–Kier alpha value is -3.42. The van der Waals surface area contributed by atoms with Crippen LogP contribution in [0.2, 0.25) is 0 Å². The molecule has 0 unspecified atom stereocenters. The molecular formula is C44H70N6O2. The van der Waals surface area contributed by atoms with E-state index in [2.05, 4.69) is 106 Å². The van der Waals surface area contributed by atoms with Crippen molar-refractivity contribution in [3.05, 3.63) is 48.5 Å². The Bertz CT molecular complexity index is 1210. The van der Waals surface area contributed by atoms with Crippen molar-refractivity contribution in [1.29, 1.82) is 0 Å². The number of nitrogens with one attached hydrogen (secondary N) is 2. The van der Waals surface area contributed by atoms with Crippen molar-refractivity contribution >= 4 is 34.8 Å². The van der Waals surface area contributed by atoms with Crippen molar-refractivity contribution in [3.8, 4) is 0 Å². The Morgan fingerprint density at radius 1 is 0.481 bits per heavy atom. The average Bonchev–Trinajstić information content (AvgIpc) is 3.62. The summed E-state index contributed by atoms with van der Waals surface area (Å²) in [6.45, 7) is 14.2. The molecule has 2 N–H and O–H groups in total. The topological polar surface area (TPSA) is 71.2 Å². The van der Waals surface area contributed by atoms with Gasteiger partial charge in [0.2, 0.25) is 0 Å². The van der Waals surface area contributed by atoms with E-state index in [1.54, 1.807) is 0 Å². The smallest absolute Gasteiger partial charge is 0.322 e. The number of amides is 4. The SMILES string of the molecule is CCN(CC)c1ccc(NC(=O)N(C[C@H]2CC[C@H](CN(C(=O)Nc3ccc(N(CC)CC)cc3)C3CCCCCC3)CC2)C2CCCCCC2)cc1. The maximum absolute atomic E-state index is 14.0. The lowest BCUT2D eigenvalue weighted by Crippen LogP contribution is -2.47. The minimum absolute atomic E-state index is 0.0611. The first-order chi connectivity index (χ1) is 25.4. The minimum atomic E-state index is 0.0611. The largest absolute Gasteiger partial charge is 0.372 e. The zero-order valence-corrected chi connectivity index (χ0v) is 33.1. The third-order valence-electron chi connectivity index (χ3n) is 12.4. The molecule has 0 atom stereocenters. The standard InChI is InChI=1S/C44H70N6O2/c1-5-47(6-2)39-29-25-37(26-30-39)45-43(51)49(41-17-13-9-10-14-18-41)33-35-21-23-36(24-22-35)34-50(42-19-15-11-12-16-20-42)44(52)46-38-27-31-40(32-28-38)48(7-3)8-4/h25-32,35-36,41-42H,5-24,33-34H2,1-4H3,(H,45,51)(H,46,52)/t35-,36-. The first kappa shape index (κ1) is 39.8. The van der Waals surface area contributed by atoms with Crippen LogP contribution in [0.4, 0.5) is 32.3 Å². The molecule has 3 aliphatic carbocycles. The van der Waals surface area contributed by atoms with Gasteiger partial charge in [0.15, 0.2) is 0 Å². The molecule has 0 aliphatic heterocycles. The van der Waals surface area contributed by atoms with Crippen molar-refractivity contribution in [2.24, 2.45) is 11.8 Å². The lowest BCUT2D eigenvalue weighted by molar-refractivity contribution is 0.126. The summed E-state index contributed by atoms with van der Waals surface area (Å²) in [6, 6.07) is 17.5. The minimum Gasteiger partial charge on any atom is -0.372 e. The van der Waals surface area contributed by atoms with E-state index in [4.69, 9.17) is 0 Å². The molecule has 0 radical (unpaired) electrons. The maximum Gasteiger partial charge on any atom is 0.322 e. The van der Waals surface area contributed by atoms with Gasteiger partial charge in [-0.15, -0.1) is 0 Å². The molecule has 52 heavy (non-hydrogen) atoms. The van der Waals surface area contributed by atoms with Crippen LogP contribution in [-0.4, -0.2) is 73.2 Å². The van der Waals surface area contributed by atoms with E-state index < -0.39 is 0 Å². The van der Waals surface area contributed by atoms with Gasteiger partial charge >= 0.3 is 12.1 Å². The Morgan fingerprint density at radius 2 is 0.788 bits per heavy atom. The molecule has 288 valence electrons. The van der Waals surface area contributed by atoms with Crippen LogP contribution in [0, 0.1) is 11.8 Å². The summed E-state index contributed by atoms with van der Waals surface area (Å²) in [5.41, 5.74) is 4.14. The Labute approximate surface area is 316 Å². The van der Waals surface area contributed by atoms with Gasteiger partial charge < -0.3 is 30.2 Å².